The van der Waals surface area contributed by atoms with Crippen LogP contribution in [0.5, 0.6) is 0 Å². The van der Waals surface area contributed by atoms with E-state index in [-0.39, 0.29) is 0 Å². The van der Waals surface area contributed by atoms with Crippen molar-refractivity contribution in [1.29, 1.82) is 0 Å². The molecule has 0 aliphatic rings. The lowest BCUT2D eigenvalue weighted by atomic mass is 10.1. The van der Waals surface area contributed by atoms with Gasteiger partial charge in [0, 0.05) is 12.5 Å². The highest BCUT2D eigenvalue weighted by molar-refractivity contribution is 7.05. The summed E-state index contributed by atoms with van der Waals surface area (Å²) in [7, 11) is 1.98. The number of hydrogen-bond acceptors (Lipinski definition) is 4. The van der Waals surface area contributed by atoms with Gasteiger partial charge < -0.3 is 5.32 Å². The zero-order chi connectivity index (χ0) is 11.1. The SMILES string of the molecule is CC#CCCC(NC)c1snnc1CC. The summed E-state index contributed by atoms with van der Waals surface area (Å²) < 4.78 is 4.01. The highest BCUT2D eigenvalue weighted by Gasteiger charge is 2.15. The Morgan fingerprint density at radius 1 is 1.53 bits per heavy atom. The molecule has 0 amide bonds. The first-order chi connectivity index (χ1) is 7.33. The highest BCUT2D eigenvalue weighted by atomic mass is 32.1. The molecule has 0 aliphatic heterocycles. The van der Waals surface area contributed by atoms with Gasteiger partial charge in [0.25, 0.3) is 0 Å². The van der Waals surface area contributed by atoms with Crippen molar-refractivity contribution in [2.24, 2.45) is 0 Å². The number of aromatic nitrogens is 2. The van der Waals surface area contributed by atoms with E-state index in [9.17, 15) is 0 Å². The molecule has 4 heteroatoms. The van der Waals surface area contributed by atoms with E-state index in [4.69, 9.17) is 0 Å². The molecule has 1 aromatic heterocycles. The fourth-order valence-electron chi connectivity index (χ4n) is 1.47. The number of nitrogens with zero attached hydrogens (tertiary/aromatic N) is 2. The number of aryl methyl sites for hydroxylation is 1. The van der Waals surface area contributed by atoms with E-state index in [1.807, 2.05) is 14.0 Å². The van der Waals surface area contributed by atoms with Crippen LogP contribution in [0.3, 0.4) is 0 Å². The Morgan fingerprint density at radius 2 is 2.33 bits per heavy atom. The summed E-state index contributed by atoms with van der Waals surface area (Å²) in [6.07, 6.45) is 2.89. The molecule has 1 atom stereocenters. The van der Waals surface area contributed by atoms with Gasteiger partial charge in [-0.05, 0) is 38.3 Å². The molecule has 0 fully saturated rings. The predicted octanol–water partition coefficient (Wildman–Crippen LogP) is 2.16. The Hall–Kier alpha value is -0.920. The lowest BCUT2D eigenvalue weighted by Crippen LogP contribution is -2.16. The quantitative estimate of drug-likeness (QED) is 0.777. The topological polar surface area (TPSA) is 37.8 Å². The molecule has 0 radical (unpaired) electrons. The monoisotopic (exact) mass is 223 g/mol. The minimum absolute atomic E-state index is 0.348. The second-order valence-corrected chi connectivity index (χ2v) is 4.03. The summed E-state index contributed by atoms with van der Waals surface area (Å²) in [5.74, 6) is 6.00. The Balaban J connectivity index is 2.67. The van der Waals surface area contributed by atoms with Crippen molar-refractivity contribution >= 4 is 11.5 Å². The van der Waals surface area contributed by atoms with Gasteiger partial charge in [-0.1, -0.05) is 11.4 Å². The Kier molecular flexibility index (Phi) is 5.30. The minimum Gasteiger partial charge on any atom is -0.312 e. The van der Waals surface area contributed by atoms with Gasteiger partial charge in [-0.15, -0.1) is 16.9 Å². The summed E-state index contributed by atoms with van der Waals surface area (Å²) in [6, 6.07) is 0.348. The molecule has 0 bridgehead atoms. The Labute approximate surface area is 95.5 Å². The van der Waals surface area contributed by atoms with Crippen LogP contribution in [0.25, 0.3) is 0 Å². The van der Waals surface area contributed by atoms with Crippen molar-refractivity contribution < 1.29 is 0 Å². The van der Waals surface area contributed by atoms with Crippen LogP contribution in [0.15, 0.2) is 0 Å². The molecule has 1 N–H and O–H groups in total. The maximum atomic E-state index is 4.12. The maximum Gasteiger partial charge on any atom is 0.0800 e. The smallest absolute Gasteiger partial charge is 0.0800 e. The van der Waals surface area contributed by atoms with Crippen LogP contribution in [-0.2, 0) is 6.42 Å². The molecule has 0 spiro atoms. The van der Waals surface area contributed by atoms with Gasteiger partial charge in [0.2, 0.25) is 0 Å². The predicted molar refractivity (Wildman–Crippen MR) is 63.8 cm³/mol. The molecule has 0 saturated heterocycles. The number of nitrogens with one attached hydrogen (secondary N) is 1. The van der Waals surface area contributed by atoms with Crippen LogP contribution in [0.2, 0.25) is 0 Å². The van der Waals surface area contributed by atoms with Crippen molar-refractivity contribution in [2.45, 2.75) is 39.2 Å². The first kappa shape index (κ1) is 12.2. The van der Waals surface area contributed by atoms with Crippen LogP contribution in [0.1, 0.15) is 43.3 Å². The second kappa shape index (κ2) is 6.54. The third-order valence-electron chi connectivity index (χ3n) is 2.32. The van der Waals surface area contributed by atoms with E-state index >= 15 is 0 Å². The summed E-state index contributed by atoms with van der Waals surface area (Å²) in [5.41, 5.74) is 1.11. The molecule has 1 rings (SSSR count). The van der Waals surface area contributed by atoms with Crippen molar-refractivity contribution in [2.75, 3.05) is 7.05 Å². The molecule has 1 aromatic rings. The lowest BCUT2D eigenvalue weighted by Gasteiger charge is -2.13. The fourth-order valence-corrected chi connectivity index (χ4v) is 2.35. The molecule has 0 aliphatic carbocycles. The van der Waals surface area contributed by atoms with E-state index in [2.05, 4.69) is 33.7 Å². The summed E-state index contributed by atoms with van der Waals surface area (Å²) in [4.78, 5) is 1.26. The van der Waals surface area contributed by atoms with Gasteiger partial charge in [-0.2, -0.15) is 0 Å². The van der Waals surface area contributed by atoms with Gasteiger partial charge in [-0.3, -0.25) is 0 Å². The zero-order valence-electron chi connectivity index (χ0n) is 9.50. The van der Waals surface area contributed by atoms with Crippen molar-refractivity contribution in [1.82, 2.24) is 14.9 Å². The third kappa shape index (κ3) is 3.29. The van der Waals surface area contributed by atoms with Gasteiger partial charge >= 0.3 is 0 Å². The second-order valence-electron chi connectivity index (χ2n) is 3.24. The fraction of sp³-hybridized carbons (Fsp3) is 0.636. The average molecular weight is 223 g/mol. The van der Waals surface area contributed by atoms with Crippen LogP contribution in [-0.4, -0.2) is 16.6 Å². The first-order valence-electron chi connectivity index (χ1n) is 5.21. The van der Waals surface area contributed by atoms with Gasteiger partial charge in [-0.25, -0.2) is 0 Å². The maximum absolute atomic E-state index is 4.12. The molecular weight excluding hydrogens is 206 g/mol. The van der Waals surface area contributed by atoms with E-state index in [1.54, 1.807) is 0 Å². The van der Waals surface area contributed by atoms with Gasteiger partial charge in [0.15, 0.2) is 0 Å². The first-order valence-corrected chi connectivity index (χ1v) is 5.98. The van der Waals surface area contributed by atoms with Crippen molar-refractivity contribution in [3.05, 3.63) is 10.6 Å². The summed E-state index contributed by atoms with van der Waals surface area (Å²) >= 11 is 1.49. The largest absolute Gasteiger partial charge is 0.312 e. The van der Waals surface area contributed by atoms with Crippen LogP contribution < -0.4 is 5.32 Å². The van der Waals surface area contributed by atoms with E-state index < -0.39 is 0 Å². The van der Waals surface area contributed by atoms with Crippen molar-refractivity contribution in [3.8, 4) is 11.8 Å². The summed E-state index contributed by atoms with van der Waals surface area (Å²) in [6.45, 7) is 3.99. The minimum atomic E-state index is 0.348. The van der Waals surface area contributed by atoms with Crippen LogP contribution >= 0.6 is 11.5 Å². The highest BCUT2D eigenvalue weighted by Crippen LogP contribution is 2.24. The lowest BCUT2D eigenvalue weighted by molar-refractivity contribution is 0.561. The normalized spacial score (nSPS) is 11.9. The molecule has 1 heterocycles. The summed E-state index contributed by atoms with van der Waals surface area (Å²) in [5, 5.41) is 7.42. The van der Waals surface area contributed by atoms with E-state index in [1.165, 1.54) is 16.4 Å². The molecule has 82 valence electrons. The molecule has 0 saturated carbocycles. The van der Waals surface area contributed by atoms with Crippen molar-refractivity contribution in [3.63, 3.8) is 0 Å². The molecule has 1 unspecified atom stereocenters. The molecule has 15 heavy (non-hydrogen) atoms. The number of hydrogen-bond donors (Lipinski definition) is 1. The Bertz CT molecular complexity index is 348. The third-order valence-corrected chi connectivity index (χ3v) is 3.20. The van der Waals surface area contributed by atoms with Gasteiger partial charge in [0.1, 0.15) is 0 Å². The van der Waals surface area contributed by atoms with E-state index in [0.29, 0.717) is 6.04 Å². The average Bonchev–Trinajstić information content (AvgIpc) is 2.72. The molecule has 0 aromatic carbocycles. The van der Waals surface area contributed by atoms with Gasteiger partial charge in [0.05, 0.1) is 10.6 Å². The molecular formula is C11H17N3S. The molecule has 3 nitrogen and oxygen atoms in total. The standard InChI is InChI=1S/C11H17N3S/c1-4-6-7-8-10(12-3)11-9(5-2)13-14-15-11/h10,12H,5,7-8H2,1-3H3. The zero-order valence-corrected chi connectivity index (χ0v) is 10.3. The number of rotatable bonds is 5. The van der Waals surface area contributed by atoms with Crippen LogP contribution in [0.4, 0.5) is 0 Å². The van der Waals surface area contributed by atoms with Crippen LogP contribution in [0, 0.1) is 11.8 Å². The Morgan fingerprint density at radius 3 is 2.93 bits per heavy atom. The van der Waals surface area contributed by atoms with E-state index in [0.717, 1.165) is 25.0 Å².